The molecule has 0 spiro atoms. The van der Waals surface area contributed by atoms with E-state index < -0.39 is 0 Å². The summed E-state index contributed by atoms with van der Waals surface area (Å²) in [6.45, 7) is 6.12. The average molecular weight is 452 g/mol. The van der Waals surface area contributed by atoms with Gasteiger partial charge in [0.15, 0.2) is 0 Å². The molecule has 1 N–H and O–H groups in total. The smallest absolute Gasteiger partial charge is 0.321 e. The third-order valence-electron chi connectivity index (χ3n) is 5.73. The molecule has 2 aromatic heterocycles. The van der Waals surface area contributed by atoms with Crippen LogP contribution in [0.2, 0.25) is 5.02 Å². The predicted octanol–water partition coefficient (Wildman–Crippen LogP) is 4.52. The Kier molecular flexibility index (Phi) is 6.46. The first-order chi connectivity index (χ1) is 15.4. The van der Waals surface area contributed by atoms with Crippen LogP contribution in [0.25, 0.3) is 5.69 Å². The molecule has 1 saturated heterocycles. The Morgan fingerprint density at radius 2 is 1.72 bits per heavy atom. The van der Waals surface area contributed by atoms with Crippen LogP contribution in [0.1, 0.15) is 28.2 Å². The fourth-order valence-corrected chi connectivity index (χ4v) is 4.22. The molecule has 4 rings (SSSR count). The number of hydrogen-bond acceptors (Lipinski definition) is 3. The molecule has 166 valence electrons. The van der Waals surface area contributed by atoms with Gasteiger partial charge in [0.25, 0.3) is 5.91 Å². The maximum absolute atomic E-state index is 13.3. The lowest BCUT2D eigenvalue weighted by molar-refractivity contribution is 0.0762. The Morgan fingerprint density at radius 3 is 2.44 bits per heavy atom. The number of aryl methyl sites for hydroxylation is 1. The maximum atomic E-state index is 13.3. The van der Waals surface area contributed by atoms with Crippen molar-refractivity contribution in [3.63, 3.8) is 0 Å². The lowest BCUT2D eigenvalue weighted by Crippen LogP contribution is -2.39. The van der Waals surface area contributed by atoms with Crippen molar-refractivity contribution in [1.29, 1.82) is 0 Å². The zero-order valence-corrected chi connectivity index (χ0v) is 19.0. The zero-order valence-electron chi connectivity index (χ0n) is 18.2. The number of nitrogens with one attached hydrogen (secondary N) is 1. The van der Waals surface area contributed by atoms with Crippen LogP contribution >= 0.6 is 11.6 Å². The predicted molar refractivity (Wildman–Crippen MR) is 126 cm³/mol. The van der Waals surface area contributed by atoms with Crippen molar-refractivity contribution in [2.45, 2.75) is 20.3 Å². The first kappa shape index (κ1) is 21.9. The Labute approximate surface area is 192 Å². The molecule has 1 fully saturated rings. The molecule has 1 aliphatic heterocycles. The van der Waals surface area contributed by atoms with E-state index in [4.69, 9.17) is 11.6 Å². The highest BCUT2D eigenvalue weighted by Crippen LogP contribution is 2.22. The quantitative estimate of drug-likeness (QED) is 0.636. The lowest BCUT2D eigenvalue weighted by Gasteiger charge is -2.22. The summed E-state index contributed by atoms with van der Waals surface area (Å²) >= 11 is 5.91. The van der Waals surface area contributed by atoms with E-state index in [9.17, 15) is 9.59 Å². The lowest BCUT2D eigenvalue weighted by atomic mass is 10.2. The molecule has 3 aromatic rings. The van der Waals surface area contributed by atoms with Gasteiger partial charge in [0, 0.05) is 54.5 Å². The average Bonchev–Trinajstić information content (AvgIpc) is 2.95. The maximum Gasteiger partial charge on any atom is 0.321 e. The summed E-state index contributed by atoms with van der Waals surface area (Å²) in [6.07, 6.45) is 4.24. The Hall–Kier alpha value is -3.32. The topological polar surface area (TPSA) is 70.5 Å². The van der Waals surface area contributed by atoms with Gasteiger partial charge >= 0.3 is 6.03 Å². The van der Waals surface area contributed by atoms with Crippen LogP contribution in [0.5, 0.6) is 0 Å². The highest BCUT2D eigenvalue weighted by molar-refractivity contribution is 6.30. The van der Waals surface area contributed by atoms with E-state index >= 15 is 0 Å². The Morgan fingerprint density at radius 1 is 1.00 bits per heavy atom. The molecule has 0 saturated carbocycles. The van der Waals surface area contributed by atoms with Crippen LogP contribution in [0.4, 0.5) is 10.5 Å². The number of amides is 3. The first-order valence-electron chi connectivity index (χ1n) is 10.6. The number of carbonyl (C=O) groups excluding carboxylic acids is 2. The van der Waals surface area contributed by atoms with Gasteiger partial charge in [-0.25, -0.2) is 4.79 Å². The van der Waals surface area contributed by atoms with E-state index in [-0.39, 0.29) is 11.9 Å². The second-order valence-electron chi connectivity index (χ2n) is 7.90. The molecule has 0 aliphatic carbocycles. The second-order valence-corrected chi connectivity index (χ2v) is 8.34. The van der Waals surface area contributed by atoms with Crippen LogP contribution in [0, 0.1) is 13.8 Å². The van der Waals surface area contributed by atoms with Crippen molar-refractivity contribution in [2.75, 3.05) is 31.5 Å². The minimum Gasteiger partial charge on any atom is -0.337 e. The molecular weight excluding hydrogens is 426 g/mol. The van der Waals surface area contributed by atoms with Crippen LogP contribution < -0.4 is 5.32 Å². The molecule has 1 aliphatic rings. The highest BCUT2D eigenvalue weighted by atomic mass is 35.5. The molecule has 0 atom stereocenters. The summed E-state index contributed by atoms with van der Waals surface area (Å²) in [6, 6.07) is 12.6. The number of pyridine rings is 1. The van der Waals surface area contributed by atoms with Crippen molar-refractivity contribution < 1.29 is 9.59 Å². The number of rotatable bonds is 3. The van der Waals surface area contributed by atoms with Gasteiger partial charge < -0.3 is 19.7 Å². The van der Waals surface area contributed by atoms with Gasteiger partial charge in [0.05, 0.1) is 17.4 Å². The molecular formula is C24H26ClN5O2. The SMILES string of the molecule is Cc1cc(C(=O)N2CCCN(C(=O)Nc3ccc(Cl)cc3)CC2)c(C)n1-c1cccnc1. The number of anilines is 1. The molecule has 0 radical (unpaired) electrons. The van der Waals surface area contributed by atoms with E-state index in [0.29, 0.717) is 42.5 Å². The largest absolute Gasteiger partial charge is 0.337 e. The monoisotopic (exact) mass is 451 g/mol. The van der Waals surface area contributed by atoms with Crippen molar-refractivity contribution in [2.24, 2.45) is 0 Å². The molecule has 7 nitrogen and oxygen atoms in total. The molecule has 0 bridgehead atoms. The van der Waals surface area contributed by atoms with Gasteiger partial charge in [-0.1, -0.05) is 11.6 Å². The number of aromatic nitrogens is 2. The van der Waals surface area contributed by atoms with Gasteiger partial charge in [0.1, 0.15) is 0 Å². The Bertz CT molecular complexity index is 1110. The van der Waals surface area contributed by atoms with Gasteiger partial charge in [-0.05, 0) is 62.7 Å². The van der Waals surface area contributed by atoms with E-state index in [0.717, 1.165) is 23.5 Å². The van der Waals surface area contributed by atoms with Crippen LogP contribution in [0.3, 0.4) is 0 Å². The number of urea groups is 1. The number of carbonyl (C=O) groups is 2. The standard InChI is InChI=1S/C24H26ClN5O2/c1-17-15-22(18(2)30(17)21-5-3-10-26-16-21)23(31)28-11-4-12-29(14-13-28)24(32)27-20-8-6-19(25)7-9-20/h3,5-10,15-16H,4,11-14H2,1-2H3,(H,27,32). The first-order valence-corrected chi connectivity index (χ1v) is 11.0. The van der Waals surface area contributed by atoms with Crippen molar-refractivity contribution in [3.05, 3.63) is 76.8 Å². The highest BCUT2D eigenvalue weighted by Gasteiger charge is 2.25. The van der Waals surface area contributed by atoms with Crippen molar-refractivity contribution >= 4 is 29.2 Å². The van der Waals surface area contributed by atoms with E-state index in [2.05, 4.69) is 10.3 Å². The summed E-state index contributed by atoms with van der Waals surface area (Å²) in [4.78, 5) is 33.8. The van der Waals surface area contributed by atoms with Crippen LogP contribution in [-0.4, -0.2) is 57.5 Å². The minimum atomic E-state index is -0.170. The third kappa shape index (κ3) is 4.62. The zero-order chi connectivity index (χ0) is 22.7. The third-order valence-corrected chi connectivity index (χ3v) is 5.98. The summed E-state index contributed by atoms with van der Waals surface area (Å²) in [7, 11) is 0. The Balaban J connectivity index is 1.44. The molecule has 3 amide bonds. The van der Waals surface area contributed by atoms with E-state index in [1.807, 2.05) is 41.5 Å². The second kappa shape index (κ2) is 9.44. The molecule has 32 heavy (non-hydrogen) atoms. The number of halogens is 1. The number of benzene rings is 1. The number of hydrogen-bond donors (Lipinski definition) is 1. The fraction of sp³-hybridized carbons (Fsp3) is 0.292. The summed E-state index contributed by atoms with van der Waals surface area (Å²) in [5.74, 6) is -0.00630. The van der Waals surface area contributed by atoms with Gasteiger partial charge in [-0.3, -0.25) is 9.78 Å². The normalized spacial score (nSPS) is 14.2. The van der Waals surface area contributed by atoms with E-state index in [1.165, 1.54) is 0 Å². The molecule has 3 heterocycles. The van der Waals surface area contributed by atoms with E-state index in [1.54, 1.807) is 41.6 Å². The van der Waals surface area contributed by atoms with Crippen LogP contribution in [0.15, 0.2) is 54.9 Å². The molecule has 1 aromatic carbocycles. The summed E-state index contributed by atoms with van der Waals surface area (Å²) in [5, 5.41) is 3.52. The summed E-state index contributed by atoms with van der Waals surface area (Å²) < 4.78 is 2.05. The number of nitrogens with zero attached hydrogens (tertiary/aromatic N) is 4. The molecule has 0 unspecified atom stereocenters. The van der Waals surface area contributed by atoms with Crippen LogP contribution in [-0.2, 0) is 0 Å². The van der Waals surface area contributed by atoms with Crippen molar-refractivity contribution in [1.82, 2.24) is 19.4 Å². The fourth-order valence-electron chi connectivity index (χ4n) is 4.09. The summed E-state index contributed by atoms with van der Waals surface area (Å²) in [5.41, 5.74) is 4.19. The molecule has 8 heteroatoms. The van der Waals surface area contributed by atoms with Gasteiger partial charge in [-0.15, -0.1) is 0 Å². The van der Waals surface area contributed by atoms with Gasteiger partial charge in [0.2, 0.25) is 0 Å². The minimum absolute atomic E-state index is 0.00630. The van der Waals surface area contributed by atoms with Gasteiger partial charge in [-0.2, -0.15) is 0 Å². The van der Waals surface area contributed by atoms with Crippen molar-refractivity contribution in [3.8, 4) is 5.69 Å².